The molecule has 2 aromatic carbocycles. The fourth-order valence-electron chi connectivity index (χ4n) is 3.71. The van der Waals surface area contributed by atoms with Crippen LogP contribution in [0.15, 0.2) is 42.5 Å². The Kier molecular flexibility index (Phi) is 8.50. The molecule has 7 nitrogen and oxygen atoms in total. The minimum absolute atomic E-state index is 0. The van der Waals surface area contributed by atoms with Gasteiger partial charge in [-0.3, -0.25) is 9.59 Å². The number of rotatable bonds is 7. The number of methoxy groups -OCH3 is 2. The fourth-order valence-corrected chi connectivity index (χ4v) is 3.71. The van der Waals surface area contributed by atoms with Crippen molar-refractivity contribution in [2.45, 2.75) is 25.3 Å². The van der Waals surface area contributed by atoms with Gasteiger partial charge in [0, 0.05) is 17.7 Å². The van der Waals surface area contributed by atoms with Crippen LogP contribution in [0, 0.1) is 5.92 Å². The maximum atomic E-state index is 13.1. The quantitative estimate of drug-likeness (QED) is 0.622. The Morgan fingerprint density at radius 2 is 1.70 bits per heavy atom. The summed E-state index contributed by atoms with van der Waals surface area (Å²) in [5, 5.41) is 5.90. The Hall–Kier alpha value is -2.77. The van der Waals surface area contributed by atoms with E-state index < -0.39 is 0 Å². The Morgan fingerprint density at radius 3 is 2.33 bits per heavy atom. The summed E-state index contributed by atoms with van der Waals surface area (Å²) in [5.74, 6) is 0.513. The van der Waals surface area contributed by atoms with Gasteiger partial charge < -0.3 is 25.8 Å². The summed E-state index contributed by atoms with van der Waals surface area (Å²) >= 11 is 0. The van der Waals surface area contributed by atoms with Gasteiger partial charge in [-0.15, -0.1) is 12.4 Å². The lowest BCUT2D eigenvalue weighted by atomic mass is 10.0. The van der Waals surface area contributed by atoms with Crippen LogP contribution in [0.1, 0.15) is 40.0 Å². The third-order valence-corrected chi connectivity index (χ3v) is 5.33. The highest BCUT2D eigenvalue weighted by molar-refractivity contribution is 6.09. The summed E-state index contributed by atoms with van der Waals surface area (Å²) in [6, 6.07) is 12.0. The highest BCUT2D eigenvalue weighted by Gasteiger charge is 2.29. The van der Waals surface area contributed by atoms with E-state index in [1.807, 2.05) is 6.07 Å². The molecule has 0 radical (unpaired) electrons. The van der Waals surface area contributed by atoms with Crippen molar-refractivity contribution >= 4 is 29.9 Å². The van der Waals surface area contributed by atoms with E-state index in [1.54, 1.807) is 36.4 Å². The van der Waals surface area contributed by atoms with Crippen LogP contribution in [-0.4, -0.2) is 38.6 Å². The lowest BCUT2D eigenvalue weighted by Crippen LogP contribution is -2.40. The first kappa shape index (κ1) is 23.5. The molecule has 2 atom stereocenters. The summed E-state index contributed by atoms with van der Waals surface area (Å²) in [4.78, 5) is 25.7. The highest BCUT2D eigenvalue weighted by atomic mass is 35.5. The van der Waals surface area contributed by atoms with Crippen molar-refractivity contribution in [2.75, 3.05) is 26.1 Å². The largest absolute Gasteiger partial charge is 0.493 e. The van der Waals surface area contributed by atoms with Crippen molar-refractivity contribution < 1.29 is 19.1 Å². The molecule has 1 aliphatic carbocycles. The maximum Gasteiger partial charge on any atom is 0.255 e. The maximum absolute atomic E-state index is 13.1. The number of benzene rings is 2. The van der Waals surface area contributed by atoms with Crippen LogP contribution in [0.25, 0.3) is 0 Å². The molecule has 3 rings (SSSR count). The van der Waals surface area contributed by atoms with Gasteiger partial charge in [0.25, 0.3) is 11.8 Å². The first-order chi connectivity index (χ1) is 14.1. The molecule has 0 aliphatic heterocycles. The molecule has 2 unspecified atom stereocenters. The van der Waals surface area contributed by atoms with Crippen molar-refractivity contribution in [2.24, 2.45) is 11.7 Å². The van der Waals surface area contributed by atoms with Crippen molar-refractivity contribution in [3.05, 3.63) is 53.6 Å². The van der Waals surface area contributed by atoms with Crippen LogP contribution < -0.4 is 25.8 Å². The van der Waals surface area contributed by atoms with E-state index in [0.717, 1.165) is 19.3 Å². The van der Waals surface area contributed by atoms with Gasteiger partial charge in [-0.2, -0.15) is 0 Å². The van der Waals surface area contributed by atoms with Crippen LogP contribution in [0.4, 0.5) is 5.69 Å². The van der Waals surface area contributed by atoms with E-state index in [-0.39, 0.29) is 36.2 Å². The van der Waals surface area contributed by atoms with Gasteiger partial charge in [0.1, 0.15) is 0 Å². The van der Waals surface area contributed by atoms with Crippen molar-refractivity contribution in [1.29, 1.82) is 0 Å². The molecule has 0 aromatic heterocycles. The number of nitrogens with one attached hydrogen (secondary N) is 2. The predicted molar refractivity (Wildman–Crippen MR) is 119 cm³/mol. The molecule has 0 saturated heterocycles. The first-order valence-electron chi connectivity index (χ1n) is 9.70. The predicted octanol–water partition coefficient (Wildman–Crippen LogP) is 3.24. The summed E-state index contributed by atoms with van der Waals surface area (Å²) in [6.07, 6.45) is 2.94. The number of amides is 2. The molecule has 2 aromatic rings. The van der Waals surface area contributed by atoms with E-state index in [1.165, 1.54) is 14.2 Å². The Bertz CT molecular complexity index is 876. The molecular formula is C22H28ClN3O4. The average Bonchev–Trinajstić information content (AvgIpc) is 3.20. The van der Waals surface area contributed by atoms with E-state index in [4.69, 9.17) is 15.2 Å². The topological polar surface area (TPSA) is 103 Å². The molecule has 30 heavy (non-hydrogen) atoms. The Morgan fingerprint density at radius 1 is 1.03 bits per heavy atom. The normalized spacial score (nSPS) is 17.6. The van der Waals surface area contributed by atoms with Gasteiger partial charge in [0.2, 0.25) is 0 Å². The number of ether oxygens (including phenoxy) is 2. The van der Waals surface area contributed by atoms with E-state index in [2.05, 4.69) is 10.6 Å². The zero-order chi connectivity index (χ0) is 20.8. The van der Waals surface area contributed by atoms with Gasteiger partial charge in [-0.1, -0.05) is 24.6 Å². The summed E-state index contributed by atoms with van der Waals surface area (Å²) in [7, 11) is 3.01. The Balaban J connectivity index is 0.00000320. The molecule has 4 N–H and O–H groups in total. The monoisotopic (exact) mass is 433 g/mol. The molecule has 162 valence electrons. The van der Waals surface area contributed by atoms with Gasteiger partial charge in [0.15, 0.2) is 11.5 Å². The highest BCUT2D eigenvalue weighted by Crippen LogP contribution is 2.34. The van der Waals surface area contributed by atoms with Crippen LogP contribution in [-0.2, 0) is 0 Å². The van der Waals surface area contributed by atoms with Crippen LogP contribution in [0.3, 0.4) is 0 Å². The van der Waals surface area contributed by atoms with Gasteiger partial charge in [-0.25, -0.2) is 0 Å². The average molecular weight is 434 g/mol. The van der Waals surface area contributed by atoms with Crippen LogP contribution >= 0.6 is 12.4 Å². The second-order valence-corrected chi connectivity index (χ2v) is 7.08. The molecule has 1 aliphatic rings. The third-order valence-electron chi connectivity index (χ3n) is 5.33. The zero-order valence-corrected chi connectivity index (χ0v) is 18.0. The van der Waals surface area contributed by atoms with Crippen LogP contribution in [0.5, 0.6) is 11.5 Å². The molecule has 1 saturated carbocycles. The van der Waals surface area contributed by atoms with E-state index in [9.17, 15) is 9.59 Å². The van der Waals surface area contributed by atoms with Gasteiger partial charge in [0.05, 0.1) is 25.5 Å². The number of nitrogens with two attached hydrogens (primary N) is 1. The number of anilines is 1. The standard InChI is InChI=1S/C22H27N3O4.ClH/c1-28-19-11-16(22(27)24-17-10-6-9-15(17)13-23)18(12-20(19)29-2)25-21(26)14-7-4-3-5-8-14;/h3-5,7-8,11-12,15,17H,6,9-10,13,23H2,1-2H3,(H,24,27)(H,25,26);1H. The zero-order valence-electron chi connectivity index (χ0n) is 17.1. The van der Waals surface area contributed by atoms with E-state index >= 15 is 0 Å². The summed E-state index contributed by atoms with van der Waals surface area (Å²) in [5.41, 5.74) is 7.00. The summed E-state index contributed by atoms with van der Waals surface area (Å²) in [6.45, 7) is 0.536. The van der Waals surface area contributed by atoms with E-state index in [0.29, 0.717) is 34.9 Å². The minimum Gasteiger partial charge on any atom is -0.493 e. The van der Waals surface area contributed by atoms with Crippen molar-refractivity contribution in [1.82, 2.24) is 5.32 Å². The Labute approximate surface area is 182 Å². The lowest BCUT2D eigenvalue weighted by Gasteiger charge is -2.21. The lowest BCUT2D eigenvalue weighted by molar-refractivity contribution is 0.0929. The number of hydrogen-bond donors (Lipinski definition) is 3. The second-order valence-electron chi connectivity index (χ2n) is 7.08. The molecule has 0 spiro atoms. The molecular weight excluding hydrogens is 406 g/mol. The fraction of sp³-hybridized carbons (Fsp3) is 0.364. The molecule has 0 heterocycles. The van der Waals surface area contributed by atoms with Crippen LogP contribution in [0.2, 0.25) is 0 Å². The third kappa shape index (κ3) is 5.23. The SMILES string of the molecule is COc1cc(NC(=O)c2ccccc2)c(C(=O)NC2CCCC2CN)cc1OC.Cl. The molecule has 0 bridgehead atoms. The number of carbonyl (C=O) groups is 2. The number of halogens is 1. The first-order valence-corrected chi connectivity index (χ1v) is 9.70. The molecule has 8 heteroatoms. The number of carbonyl (C=O) groups excluding carboxylic acids is 2. The van der Waals surface area contributed by atoms with Crippen molar-refractivity contribution in [3.8, 4) is 11.5 Å². The van der Waals surface area contributed by atoms with Gasteiger partial charge >= 0.3 is 0 Å². The molecule has 2 amide bonds. The minimum atomic E-state index is -0.312. The summed E-state index contributed by atoms with van der Waals surface area (Å²) < 4.78 is 10.7. The second kappa shape index (κ2) is 10.8. The number of hydrogen-bond acceptors (Lipinski definition) is 5. The van der Waals surface area contributed by atoms with Gasteiger partial charge in [-0.05, 0) is 43.5 Å². The smallest absolute Gasteiger partial charge is 0.255 e. The molecule has 1 fully saturated rings. The van der Waals surface area contributed by atoms with Crippen molar-refractivity contribution in [3.63, 3.8) is 0 Å².